The average molecular weight is 545 g/mol. The van der Waals surface area contributed by atoms with Crippen molar-refractivity contribution in [3.05, 3.63) is 84.7 Å². The standard InChI is InChI=1S/C20H21.C9H13.2ClH.Zr/c1-14-12-16-6-5-7-18(19(16)13-14)15-8-10-17(11-9-15)20(2,3)4;1-6-5-7(2)9(4)8(6)3;;;/h5-13H,1-4H3;6H,1-4H3;2*1H;/q;;;;+2/p-2. The third-order valence-corrected chi connectivity index (χ3v) is 12.6. The third kappa shape index (κ3) is 4.82. The second kappa shape index (κ2) is 10.2. The summed E-state index contributed by atoms with van der Waals surface area (Å²) in [5, 5.41) is 0. The number of hydrogen-bond donors (Lipinski definition) is 0. The predicted molar refractivity (Wildman–Crippen MR) is 127 cm³/mol. The summed E-state index contributed by atoms with van der Waals surface area (Å²) in [4.78, 5) is 0. The molecule has 168 valence electrons. The minimum atomic E-state index is -0.748. The Kier molecular flexibility index (Phi) is 8.70. The van der Waals surface area contributed by atoms with Crippen molar-refractivity contribution < 1.29 is 48.0 Å². The van der Waals surface area contributed by atoms with E-state index in [9.17, 15) is 0 Å². The van der Waals surface area contributed by atoms with Gasteiger partial charge in [-0.1, -0.05) is 0 Å². The zero-order chi connectivity index (χ0) is 21.8. The van der Waals surface area contributed by atoms with Crippen LogP contribution in [0.2, 0.25) is 0 Å². The summed E-state index contributed by atoms with van der Waals surface area (Å²) in [6, 6.07) is 16.2. The van der Waals surface area contributed by atoms with Crippen LogP contribution in [0.5, 0.6) is 0 Å². The molecule has 2 unspecified atom stereocenters. The maximum atomic E-state index is 2.48. The number of rotatable bonds is 3. The number of halogens is 2. The third-order valence-electron chi connectivity index (χ3n) is 7.28. The molecule has 0 amide bonds. The first-order valence-corrected chi connectivity index (χ1v) is 13.8. The SMILES string of the molecule is CC1=Cc2c(-c3ccc(C(C)(C)C)cc3)cccc2[CH]1[Zr+2][C]1=C(C)C(C)=C(C)C1C.[Cl-].[Cl-]. The van der Waals surface area contributed by atoms with E-state index in [1.807, 2.05) is 0 Å². The summed E-state index contributed by atoms with van der Waals surface area (Å²) in [6.07, 6.45) is 2.48. The van der Waals surface area contributed by atoms with E-state index in [-0.39, 0.29) is 30.2 Å². The summed E-state index contributed by atoms with van der Waals surface area (Å²) < 4.78 is 2.47. The van der Waals surface area contributed by atoms with Crippen molar-refractivity contribution in [2.45, 2.75) is 64.4 Å². The molecule has 2 aliphatic rings. The van der Waals surface area contributed by atoms with Crippen molar-refractivity contribution >= 4 is 6.08 Å². The molecule has 2 aromatic rings. The van der Waals surface area contributed by atoms with Gasteiger partial charge in [0, 0.05) is 0 Å². The van der Waals surface area contributed by atoms with Gasteiger partial charge in [-0.05, 0) is 0 Å². The largest absolute Gasteiger partial charge is 1.00 e. The molecule has 3 heteroatoms. The summed E-state index contributed by atoms with van der Waals surface area (Å²) in [5.74, 6) is 0.654. The van der Waals surface area contributed by atoms with Gasteiger partial charge in [0.2, 0.25) is 0 Å². The van der Waals surface area contributed by atoms with Crippen LogP contribution in [0, 0.1) is 5.92 Å². The Morgan fingerprint density at radius 2 is 1.44 bits per heavy atom. The topological polar surface area (TPSA) is 0 Å². The molecule has 2 aliphatic carbocycles. The van der Waals surface area contributed by atoms with Gasteiger partial charge < -0.3 is 24.8 Å². The van der Waals surface area contributed by atoms with E-state index < -0.39 is 23.2 Å². The van der Waals surface area contributed by atoms with E-state index in [0.717, 1.165) is 0 Å². The summed E-state index contributed by atoms with van der Waals surface area (Å²) in [6.45, 7) is 18.6. The molecule has 0 aliphatic heterocycles. The van der Waals surface area contributed by atoms with E-state index in [2.05, 4.69) is 104 Å². The van der Waals surface area contributed by atoms with Gasteiger partial charge in [-0.2, -0.15) is 0 Å². The van der Waals surface area contributed by atoms with Crippen LogP contribution >= 0.6 is 0 Å². The molecule has 0 N–H and O–H groups in total. The van der Waals surface area contributed by atoms with Crippen molar-refractivity contribution in [1.82, 2.24) is 0 Å². The van der Waals surface area contributed by atoms with Gasteiger partial charge in [-0.25, -0.2) is 0 Å². The van der Waals surface area contributed by atoms with Crippen LogP contribution in [0.4, 0.5) is 0 Å². The van der Waals surface area contributed by atoms with Crippen molar-refractivity contribution in [2.24, 2.45) is 5.92 Å². The van der Waals surface area contributed by atoms with Crippen molar-refractivity contribution in [1.29, 1.82) is 0 Å². The Balaban J connectivity index is 0.00000181. The molecular weight excluding hydrogens is 510 g/mol. The van der Waals surface area contributed by atoms with Crippen molar-refractivity contribution in [3.8, 4) is 11.1 Å². The molecule has 0 spiro atoms. The zero-order valence-corrected chi connectivity index (χ0v) is 24.5. The predicted octanol–water partition coefficient (Wildman–Crippen LogP) is 2.46. The molecule has 0 saturated heterocycles. The van der Waals surface area contributed by atoms with E-state index >= 15 is 0 Å². The monoisotopic (exact) mass is 542 g/mol. The first kappa shape index (κ1) is 27.4. The van der Waals surface area contributed by atoms with Gasteiger partial charge in [-0.3, -0.25) is 0 Å². The molecule has 2 atom stereocenters. The molecule has 32 heavy (non-hydrogen) atoms. The Bertz CT molecular complexity index is 1090. The first-order chi connectivity index (χ1) is 14.1. The molecule has 0 radical (unpaired) electrons. The minimum absolute atomic E-state index is 0. The van der Waals surface area contributed by atoms with Crippen LogP contribution in [0.1, 0.15) is 75.7 Å². The quantitative estimate of drug-likeness (QED) is 0.557. The summed E-state index contributed by atoms with van der Waals surface area (Å²) >= 11 is -0.748. The molecule has 0 heterocycles. The Hall–Kier alpha value is -0.877. The number of allylic oxidation sites excluding steroid dienone is 5. The fourth-order valence-electron chi connectivity index (χ4n) is 4.90. The fraction of sp³-hybridized carbons (Fsp3) is 0.379. The number of benzene rings is 2. The maximum absolute atomic E-state index is 2.48. The molecule has 0 aromatic heterocycles. The van der Waals surface area contributed by atoms with Crippen LogP contribution in [-0.4, -0.2) is 0 Å². The van der Waals surface area contributed by atoms with E-state index in [1.54, 1.807) is 31.1 Å². The zero-order valence-electron chi connectivity index (χ0n) is 20.5. The van der Waals surface area contributed by atoms with Crippen LogP contribution in [0.15, 0.2) is 68.0 Å². The van der Waals surface area contributed by atoms with Crippen LogP contribution in [0.3, 0.4) is 0 Å². The molecule has 0 fully saturated rings. The summed E-state index contributed by atoms with van der Waals surface area (Å²) in [7, 11) is 0. The van der Waals surface area contributed by atoms with Crippen molar-refractivity contribution in [3.63, 3.8) is 0 Å². The van der Waals surface area contributed by atoms with Crippen LogP contribution in [-0.2, 0) is 28.6 Å². The molecule has 0 saturated carbocycles. The Labute approximate surface area is 219 Å². The average Bonchev–Trinajstić information content (AvgIpc) is 3.12. The van der Waals surface area contributed by atoms with Gasteiger partial charge >= 0.3 is 196 Å². The van der Waals surface area contributed by atoms with Crippen molar-refractivity contribution in [2.75, 3.05) is 0 Å². The second-order valence-corrected chi connectivity index (χ2v) is 13.6. The molecule has 0 bridgehead atoms. The number of fused-ring (bicyclic) bond motifs is 1. The van der Waals surface area contributed by atoms with Gasteiger partial charge in [0.05, 0.1) is 0 Å². The minimum Gasteiger partial charge on any atom is -1.00 e. The summed E-state index contributed by atoms with van der Waals surface area (Å²) in [5.41, 5.74) is 13.7. The van der Waals surface area contributed by atoms with Gasteiger partial charge in [0.15, 0.2) is 0 Å². The Morgan fingerprint density at radius 3 is 1.97 bits per heavy atom. The Morgan fingerprint density at radius 1 is 0.812 bits per heavy atom. The second-order valence-electron chi connectivity index (χ2n) is 10.2. The fourth-order valence-corrected chi connectivity index (χ4v) is 9.57. The molecular formula is C29H34Cl2Zr. The van der Waals surface area contributed by atoms with E-state index in [1.165, 1.54) is 22.3 Å². The smallest absolute Gasteiger partial charge is 1.00 e. The number of hydrogen-bond acceptors (Lipinski definition) is 0. The van der Waals surface area contributed by atoms with E-state index in [0.29, 0.717) is 9.54 Å². The first-order valence-electron chi connectivity index (χ1n) is 11.2. The molecule has 0 nitrogen and oxygen atoms in total. The molecule has 4 rings (SSSR count). The normalized spacial score (nSPS) is 19.8. The van der Waals surface area contributed by atoms with Crippen LogP contribution < -0.4 is 24.8 Å². The maximum Gasteiger partial charge on any atom is -1.00 e. The van der Waals surface area contributed by atoms with E-state index in [4.69, 9.17) is 0 Å². The van der Waals surface area contributed by atoms with Gasteiger partial charge in [-0.15, -0.1) is 0 Å². The molecule has 2 aromatic carbocycles. The van der Waals surface area contributed by atoms with Gasteiger partial charge in [0.1, 0.15) is 0 Å². The van der Waals surface area contributed by atoms with Crippen LogP contribution in [0.25, 0.3) is 17.2 Å². The van der Waals surface area contributed by atoms with Gasteiger partial charge in [0.25, 0.3) is 0 Å².